The van der Waals surface area contributed by atoms with Gasteiger partial charge in [0.05, 0.1) is 0 Å². The summed E-state index contributed by atoms with van der Waals surface area (Å²) in [6.07, 6.45) is 3.03. The lowest BCUT2D eigenvalue weighted by Gasteiger charge is -2.06. The second-order valence-corrected chi connectivity index (χ2v) is 6.35. The normalized spacial score (nSPS) is 10.7. The Morgan fingerprint density at radius 3 is 2.69 bits per heavy atom. The van der Waals surface area contributed by atoms with Gasteiger partial charge >= 0.3 is 0 Å². The van der Waals surface area contributed by atoms with Crippen molar-refractivity contribution in [1.29, 1.82) is 0 Å². The first-order valence-electron chi connectivity index (χ1n) is 7.83. The van der Waals surface area contributed by atoms with Crippen molar-refractivity contribution >= 4 is 40.0 Å². The van der Waals surface area contributed by atoms with E-state index in [1.807, 2.05) is 37.3 Å². The molecule has 1 heterocycles. The van der Waals surface area contributed by atoms with Gasteiger partial charge in [-0.3, -0.25) is 14.9 Å². The molecule has 130 valence electrons. The Hall–Kier alpha value is -3.32. The van der Waals surface area contributed by atoms with Crippen LogP contribution in [0.3, 0.4) is 0 Å². The highest BCUT2D eigenvalue weighted by molar-refractivity contribution is 7.13. The van der Waals surface area contributed by atoms with E-state index in [4.69, 9.17) is 0 Å². The van der Waals surface area contributed by atoms with Gasteiger partial charge in [0.15, 0.2) is 0 Å². The molecular weight excluding hydrogens is 348 g/mol. The summed E-state index contributed by atoms with van der Waals surface area (Å²) in [5, 5.41) is 13.3. The van der Waals surface area contributed by atoms with E-state index >= 15 is 0 Å². The van der Waals surface area contributed by atoms with E-state index in [2.05, 4.69) is 20.8 Å². The van der Waals surface area contributed by atoms with Crippen LogP contribution in [0.4, 0.5) is 10.8 Å². The molecule has 2 amide bonds. The van der Waals surface area contributed by atoms with Gasteiger partial charge in [-0.25, -0.2) is 0 Å². The first-order chi connectivity index (χ1) is 12.6. The quantitative estimate of drug-likeness (QED) is 0.675. The van der Waals surface area contributed by atoms with E-state index < -0.39 is 0 Å². The molecule has 0 aliphatic carbocycles. The monoisotopic (exact) mass is 364 g/mol. The molecule has 0 aliphatic rings. The van der Waals surface area contributed by atoms with Gasteiger partial charge in [-0.2, -0.15) is 0 Å². The Morgan fingerprint density at radius 2 is 1.92 bits per heavy atom. The van der Waals surface area contributed by atoms with Gasteiger partial charge < -0.3 is 5.32 Å². The maximum Gasteiger partial charge on any atom is 0.255 e. The second-order valence-electron chi connectivity index (χ2n) is 5.52. The highest BCUT2D eigenvalue weighted by Crippen LogP contribution is 2.13. The van der Waals surface area contributed by atoms with E-state index in [1.165, 1.54) is 22.9 Å². The molecule has 0 saturated carbocycles. The Labute approximate surface area is 154 Å². The van der Waals surface area contributed by atoms with E-state index in [0.29, 0.717) is 10.7 Å². The number of nitrogens with zero attached hydrogens (tertiary/aromatic N) is 2. The molecule has 0 unspecified atom stereocenters. The maximum atomic E-state index is 12.4. The summed E-state index contributed by atoms with van der Waals surface area (Å²) in [7, 11) is 0. The molecule has 2 N–H and O–H groups in total. The molecular formula is C19H16N4O2S. The van der Waals surface area contributed by atoms with Crippen molar-refractivity contribution in [1.82, 2.24) is 10.2 Å². The van der Waals surface area contributed by atoms with Crippen LogP contribution in [0, 0.1) is 6.92 Å². The van der Waals surface area contributed by atoms with Crippen molar-refractivity contribution in [2.75, 3.05) is 10.6 Å². The molecule has 26 heavy (non-hydrogen) atoms. The Bertz CT molecular complexity index is 952. The van der Waals surface area contributed by atoms with Crippen molar-refractivity contribution in [3.63, 3.8) is 0 Å². The van der Waals surface area contributed by atoms with Crippen LogP contribution in [0.1, 0.15) is 21.5 Å². The zero-order valence-electron chi connectivity index (χ0n) is 14.0. The van der Waals surface area contributed by atoms with E-state index in [0.717, 1.165) is 16.8 Å². The molecule has 0 bridgehead atoms. The summed E-state index contributed by atoms with van der Waals surface area (Å²) in [6, 6.07) is 14.6. The first-order valence-corrected chi connectivity index (χ1v) is 8.71. The van der Waals surface area contributed by atoms with Gasteiger partial charge in [-0.1, -0.05) is 35.6 Å². The van der Waals surface area contributed by atoms with Crippen LogP contribution in [-0.2, 0) is 4.79 Å². The predicted octanol–water partition coefficient (Wildman–Crippen LogP) is 3.75. The molecule has 0 spiro atoms. The topological polar surface area (TPSA) is 84.0 Å². The lowest BCUT2D eigenvalue weighted by atomic mass is 10.1. The summed E-state index contributed by atoms with van der Waals surface area (Å²) in [4.78, 5) is 24.2. The summed E-state index contributed by atoms with van der Waals surface area (Å²) in [6.45, 7) is 1.97. The summed E-state index contributed by atoms with van der Waals surface area (Å²) in [5.41, 5.74) is 4.61. The number of aryl methyl sites for hydroxylation is 1. The third-order valence-corrected chi connectivity index (χ3v) is 4.05. The molecule has 6 nitrogen and oxygen atoms in total. The second kappa shape index (κ2) is 8.17. The van der Waals surface area contributed by atoms with Crippen LogP contribution < -0.4 is 10.6 Å². The largest absolute Gasteiger partial charge is 0.322 e. The molecule has 0 atom stereocenters. The Balaban J connectivity index is 1.66. The minimum atomic E-state index is -0.309. The number of hydrogen-bond acceptors (Lipinski definition) is 5. The lowest BCUT2D eigenvalue weighted by Crippen LogP contribution is -2.12. The molecule has 0 fully saturated rings. The molecule has 0 aliphatic heterocycles. The van der Waals surface area contributed by atoms with Crippen molar-refractivity contribution in [3.8, 4) is 0 Å². The Morgan fingerprint density at radius 1 is 1.08 bits per heavy atom. The zero-order valence-corrected chi connectivity index (χ0v) is 14.8. The van der Waals surface area contributed by atoms with Gasteiger partial charge in [-0.05, 0) is 48.4 Å². The van der Waals surface area contributed by atoms with Crippen molar-refractivity contribution in [2.24, 2.45) is 0 Å². The average molecular weight is 364 g/mol. The summed E-state index contributed by atoms with van der Waals surface area (Å²) in [5.74, 6) is -0.513. The molecule has 1 aromatic heterocycles. The number of benzene rings is 2. The van der Waals surface area contributed by atoms with E-state index in [1.54, 1.807) is 24.3 Å². The number of amides is 2. The van der Waals surface area contributed by atoms with Crippen LogP contribution in [-0.4, -0.2) is 22.0 Å². The lowest BCUT2D eigenvalue weighted by molar-refractivity contribution is -0.111. The number of hydrogen-bond donors (Lipinski definition) is 2. The fraction of sp³-hybridized carbons (Fsp3) is 0.0526. The van der Waals surface area contributed by atoms with Gasteiger partial charge in [0.25, 0.3) is 5.91 Å². The summed E-state index contributed by atoms with van der Waals surface area (Å²) < 4.78 is 0. The fourth-order valence-corrected chi connectivity index (χ4v) is 2.70. The molecule has 2 aromatic carbocycles. The van der Waals surface area contributed by atoms with Crippen molar-refractivity contribution < 1.29 is 9.59 Å². The first kappa shape index (κ1) is 17.5. The molecule has 7 heteroatoms. The highest BCUT2D eigenvalue weighted by Gasteiger charge is 2.07. The van der Waals surface area contributed by atoms with Gasteiger partial charge in [-0.15, -0.1) is 10.2 Å². The number of aromatic nitrogens is 2. The number of nitrogens with one attached hydrogen (secondary N) is 2. The van der Waals surface area contributed by atoms with Crippen LogP contribution in [0.25, 0.3) is 6.08 Å². The fourth-order valence-electron chi connectivity index (χ4n) is 2.26. The van der Waals surface area contributed by atoms with Crippen molar-refractivity contribution in [3.05, 3.63) is 76.8 Å². The maximum absolute atomic E-state index is 12.4. The molecule has 0 saturated heterocycles. The van der Waals surface area contributed by atoms with Crippen molar-refractivity contribution in [2.45, 2.75) is 6.92 Å². The van der Waals surface area contributed by atoms with Crippen LogP contribution in [0.15, 0.2) is 60.1 Å². The Kier molecular flexibility index (Phi) is 5.50. The van der Waals surface area contributed by atoms with E-state index in [-0.39, 0.29) is 11.8 Å². The predicted molar refractivity (Wildman–Crippen MR) is 103 cm³/mol. The van der Waals surface area contributed by atoms with Crippen LogP contribution >= 0.6 is 11.3 Å². The number of carbonyl (C=O) groups excluding carboxylic acids is 2. The van der Waals surface area contributed by atoms with Gasteiger partial charge in [0.1, 0.15) is 5.51 Å². The highest BCUT2D eigenvalue weighted by atomic mass is 32.1. The van der Waals surface area contributed by atoms with E-state index in [9.17, 15) is 9.59 Å². The minimum Gasteiger partial charge on any atom is -0.322 e. The van der Waals surface area contributed by atoms with Crippen LogP contribution in [0.5, 0.6) is 0 Å². The number of anilines is 2. The third-order valence-electron chi connectivity index (χ3n) is 3.44. The molecule has 0 radical (unpaired) electrons. The number of carbonyl (C=O) groups is 2. The smallest absolute Gasteiger partial charge is 0.255 e. The number of rotatable bonds is 5. The molecule has 3 aromatic rings. The summed E-state index contributed by atoms with van der Waals surface area (Å²) >= 11 is 1.24. The zero-order chi connectivity index (χ0) is 18.4. The average Bonchev–Trinajstić information content (AvgIpc) is 3.13. The van der Waals surface area contributed by atoms with Gasteiger partial charge in [0, 0.05) is 17.3 Å². The minimum absolute atomic E-state index is 0.204. The SMILES string of the molecule is Cc1cccc(NC(=O)c2cccc(/C=C/C(=O)Nc3nncs3)c2)c1. The van der Waals surface area contributed by atoms with Crippen LogP contribution in [0.2, 0.25) is 0 Å². The standard InChI is InChI=1S/C19H16N4O2S/c1-13-4-2-7-16(10-13)21-18(25)15-6-3-5-14(11-15)8-9-17(24)22-19-23-20-12-26-19/h2-12H,1H3,(H,21,25)(H,22,23,24)/b9-8+. The molecule has 3 rings (SSSR count). The third kappa shape index (κ3) is 4.84. The van der Waals surface area contributed by atoms with Gasteiger partial charge in [0.2, 0.25) is 11.0 Å².